The molecular formula is C14H17F2N3O. The summed E-state index contributed by atoms with van der Waals surface area (Å²) in [7, 11) is 1.85. The average Bonchev–Trinajstić information content (AvgIpc) is 2.80. The van der Waals surface area contributed by atoms with Gasteiger partial charge in [0.15, 0.2) is 0 Å². The van der Waals surface area contributed by atoms with Crippen LogP contribution in [0.15, 0.2) is 30.6 Å². The van der Waals surface area contributed by atoms with E-state index in [4.69, 9.17) is 0 Å². The maximum Gasteiger partial charge on any atom is 0.131 e. The molecule has 0 aliphatic heterocycles. The van der Waals surface area contributed by atoms with Gasteiger partial charge in [-0.3, -0.25) is 4.68 Å². The fourth-order valence-electron chi connectivity index (χ4n) is 1.95. The van der Waals surface area contributed by atoms with Gasteiger partial charge < -0.3 is 10.4 Å². The van der Waals surface area contributed by atoms with Crippen molar-refractivity contribution < 1.29 is 13.9 Å². The second-order valence-corrected chi connectivity index (χ2v) is 4.66. The minimum Gasteiger partial charge on any atom is -0.387 e. The number of benzene rings is 1. The van der Waals surface area contributed by atoms with E-state index >= 15 is 0 Å². The smallest absolute Gasteiger partial charge is 0.131 e. The van der Waals surface area contributed by atoms with Crippen molar-refractivity contribution in [2.45, 2.75) is 12.5 Å². The van der Waals surface area contributed by atoms with Gasteiger partial charge >= 0.3 is 0 Å². The molecule has 1 heterocycles. The molecule has 1 unspecified atom stereocenters. The number of aromatic nitrogens is 2. The topological polar surface area (TPSA) is 50.1 Å². The second kappa shape index (κ2) is 6.58. The molecule has 108 valence electrons. The summed E-state index contributed by atoms with van der Waals surface area (Å²) < 4.78 is 27.9. The van der Waals surface area contributed by atoms with Crippen LogP contribution in [0.2, 0.25) is 0 Å². The van der Waals surface area contributed by atoms with Gasteiger partial charge in [-0.2, -0.15) is 5.10 Å². The number of nitrogens with one attached hydrogen (secondary N) is 1. The highest BCUT2D eigenvalue weighted by Crippen LogP contribution is 2.17. The molecule has 1 aromatic heterocycles. The monoisotopic (exact) mass is 281 g/mol. The van der Waals surface area contributed by atoms with Gasteiger partial charge in [0.2, 0.25) is 0 Å². The van der Waals surface area contributed by atoms with E-state index in [1.165, 1.54) is 6.07 Å². The van der Waals surface area contributed by atoms with E-state index < -0.39 is 17.7 Å². The van der Waals surface area contributed by atoms with Gasteiger partial charge in [-0.1, -0.05) is 6.07 Å². The first-order valence-electron chi connectivity index (χ1n) is 6.37. The maximum absolute atomic E-state index is 13.4. The number of halogens is 2. The van der Waals surface area contributed by atoms with E-state index in [-0.39, 0.29) is 12.1 Å². The summed E-state index contributed by atoms with van der Waals surface area (Å²) in [5, 5.41) is 16.9. The fourth-order valence-corrected chi connectivity index (χ4v) is 1.95. The Morgan fingerprint density at radius 1 is 1.40 bits per heavy atom. The van der Waals surface area contributed by atoms with Gasteiger partial charge in [0.05, 0.1) is 12.3 Å². The highest BCUT2D eigenvalue weighted by atomic mass is 19.1. The Labute approximate surface area is 116 Å². The van der Waals surface area contributed by atoms with Crippen LogP contribution in [-0.4, -0.2) is 28.0 Å². The van der Waals surface area contributed by atoms with Crippen molar-refractivity contribution in [3.05, 3.63) is 53.4 Å². The lowest BCUT2D eigenvalue weighted by atomic mass is 10.1. The van der Waals surface area contributed by atoms with Crippen molar-refractivity contribution in [1.29, 1.82) is 0 Å². The third-order valence-corrected chi connectivity index (χ3v) is 3.01. The molecular weight excluding hydrogens is 264 g/mol. The molecule has 0 spiro atoms. The fraction of sp³-hybridized carbons (Fsp3) is 0.357. The summed E-state index contributed by atoms with van der Waals surface area (Å²) in [6.45, 7) is 0.856. The van der Waals surface area contributed by atoms with Crippen LogP contribution in [0, 0.1) is 11.6 Å². The van der Waals surface area contributed by atoms with E-state index in [1.807, 2.05) is 13.2 Å². The molecule has 1 aromatic carbocycles. The normalized spacial score (nSPS) is 12.6. The quantitative estimate of drug-likeness (QED) is 0.790. The molecule has 20 heavy (non-hydrogen) atoms. The molecule has 2 N–H and O–H groups in total. The Bertz CT molecular complexity index is 571. The first-order chi connectivity index (χ1) is 9.56. The average molecular weight is 281 g/mol. The molecule has 0 amide bonds. The van der Waals surface area contributed by atoms with Crippen LogP contribution < -0.4 is 5.32 Å². The van der Waals surface area contributed by atoms with Crippen molar-refractivity contribution in [1.82, 2.24) is 15.1 Å². The third-order valence-electron chi connectivity index (χ3n) is 3.01. The standard InChI is InChI=1S/C14H17F2N3O/c1-19-9-10(7-18-19)4-5-17-8-14(20)12-3-2-11(15)6-13(12)16/h2-3,6-7,9,14,17,20H,4-5,8H2,1H3. The summed E-state index contributed by atoms with van der Waals surface area (Å²) >= 11 is 0. The molecule has 4 nitrogen and oxygen atoms in total. The zero-order chi connectivity index (χ0) is 14.5. The summed E-state index contributed by atoms with van der Waals surface area (Å²) in [6.07, 6.45) is 3.46. The van der Waals surface area contributed by atoms with E-state index in [0.29, 0.717) is 6.54 Å². The van der Waals surface area contributed by atoms with Crippen LogP contribution >= 0.6 is 0 Å². The SMILES string of the molecule is Cn1cc(CCNCC(O)c2ccc(F)cc2F)cn1. The summed E-state index contributed by atoms with van der Waals surface area (Å²) in [6, 6.07) is 3.17. The number of hydrogen-bond donors (Lipinski definition) is 2. The third kappa shape index (κ3) is 3.85. The Morgan fingerprint density at radius 2 is 2.20 bits per heavy atom. The lowest BCUT2D eigenvalue weighted by Crippen LogP contribution is -2.24. The van der Waals surface area contributed by atoms with E-state index in [0.717, 1.165) is 24.1 Å². The van der Waals surface area contributed by atoms with Crippen LogP contribution in [0.4, 0.5) is 8.78 Å². The first-order valence-corrected chi connectivity index (χ1v) is 6.37. The Kier molecular flexibility index (Phi) is 4.81. The van der Waals surface area contributed by atoms with Gasteiger partial charge in [-0.15, -0.1) is 0 Å². The molecule has 0 saturated heterocycles. The maximum atomic E-state index is 13.4. The number of aliphatic hydroxyl groups excluding tert-OH is 1. The predicted octanol–water partition coefficient (Wildman–Crippen LogP) is 1.56. The van der Waals surface area contributed by atoms with Crippen molar-refractivity contribution >= 4 is 0 Å². The van der Waals surface area contributed by atoms with Crippen LogP contribution in [-0.2, 0) is 13.5 Å². The largest absolute Gasteiger partial charge is 0.387 e. The molecule has 2 rings (SSSR count). The molecule has 0 bridgehead atoms. The summed E-state index contributed by atoms with van der Waals surface area (Å²) in [5.74, 6) is -1.38. The number of aryl methyl sites for hydroxylation is 1. The van der Waals surface area contributed by atoms with Crippen molar-refractivity contribution in [2.24, 2.45) is 7.05 Å². The molecule has 1 atom stereocenters. The molecule has 2 aromatic rings. The van der Waals surface area contributed by atoms with E-state index in [9.17, 15) is 13.9 Å². The second-order valence-electron chi connectivity index (χ2n) is 4.66. The number of rotatable bonds is 6. The first kappa shape index (κ1) is 14.6. The number of aliphatic hydroxyl groups is 1. The highest BCUT2D eigenvalue weighted by molar-refractivity contribution is 5.21. The van der Waals surface area contributed by atoms with Gasteiger partial charge in [-0.05, 0) is 24.6 Å². The number of hydrogen-bond acceptors (Lipinski definition) is 3. The van der Waals surface area contributed by atoms with Crippen LogP contribution in [0.1, 0.15) is 17.2 Å². The molecule has 6 heteroatoms. The zero-order valence-electron chi connectivity index (χ0n) is 11.2. The summed E-state index contributed by atoms with van der Waals surface area (Å²) in [5.41, 5.74) is 1.18. The molecule has 0 saturated carbocycles. The van der Waals surface area contributed by atoms with Crippen molar-refractivity contribution in [3.8, 4) is 0 Å². The van der Waals surface area contributed by atoms with Gasteiger partial charge in [0.1, 0.15) is 11.6 Å². The van der Waals surface area contributed by atoms with Crippen molar-refractivity contribution in [2.75, 3.05) is 13.1 Å². The van der Waals surface area contributed by atoms with Crippen LogP contribution in [0.5, 0.6) is 0 Å². The minimum atomic E-state index is -0.996. The Morgan fingerprint density at radius 3 is 2.85 bits per heavy atom. The van der Waals surface area contributed by atoms with E-state index in [2.05, 4.69) is 10.4 Å². The Balaban J connectivity index is 1.78. The van der Waals surface area contributed by atoms with Gasteiger partial charge in [-0.25, -0.2) is 8.78 Å². The van der Waals surface area contributed by atoms with Crippen molar-refractivity contribution in [3.63, 3.8) is 0 Å². The molecule has 0 aliphatic carbocycles. The lowest BCUT2D eigenvalue weighted by molar-refractivity contribution is 0.170. The predicted molar refractivity (Wildman–Crippen MR) is 71.1 cm³/mol. The molecule has 0 aliphatic rings. The van der Waals surface area contributed by atoms with Crippen LogP contribution in [0.25, 0.3) is 0 Å². The van der Waals surface area contributed by atoms with Gasteiger partial charge in [0.25, 0.3) is 0 Å². The molecule has 0 radical (unpaired) electrons. The summed E-state index contributed by atoms with van der Waals surface area (Å²) in [4.78, 5) is 0. The Hall–Kier alpha value is -1.79. The highest BCUT2D eigenvalue weighted by Gasteiger charge is 2.12. The lowest BCUT2D eigenvalue weighted by Gasteiger charge is -2.12. The van der Waals surface area contributed by atoms with E-state index in [1.54, 1.807) is 10.9 Å². The number of nitrogens with zero attached hydrogens (tertiary/aromatic N) is 2. The minimum absolute atomic E-state index is 0.0975. The van der Waals surface area contributed by atoms with Crippen LogP contribution in [0.3, 0.4) is 0 Å². The zero-order valence-corrected chi connectivity index (χ0v) is 11.2. The van der Waals surface area contributed by atoms with Gasteiger partial charge in [0, 0.05) is 31.4 Å². The molecule has 0 fully saturated rings.